The van der Waals surface area contributed by atoms with Gasteiger partial charge < -0.3 is 11.1 Å². The van der Waals surface area contributed by atoms with Crippen LogP contribution in [0.25, 0.3) is 0 Å². The topological polar surface area (TPSA) is 101 Å². The number of hydrogen-bond donors (Lipinski definition) is 3. The normalized spacial score (nSPS) is 14.6. The zero-order valence-corrected chi connectivity index (χ0v) is 11.0. The highest BCUT2D eigenvalue weighted by Gasteiger charge is 2.26. The molecule has 1 atom stereocenters. The fourth-order valence-corrected chi connectivity index (χ4v) is 1.40. The van der Waals surface area contributed by atoms with Crippen molar-refractivity contribution in [2.75, 3.05) is 19.3 Å². The number of amides is 1. The maximum absolute atomic E-state index is 11.5. The van der Waals surface area contributed by atoms with Gasteiger partial charge in [-0.25, -0.2) is 13.1 Å². The number of rotatable bonds is 5. The number of nitrogens with two attached hydrogens (primary N) is 1. The van der Waals surface area contributed by atoms with Crippen molar-refractivity contribution in [2.24, 2.45) is 11.1 Å². The van der Waals surface area contributed by atoms with E-state index in [-0.39, 0.29) is 24.4 Å². The molecule has 6 nitrogen and oxygen atoms in total. The Morgan fingerprint density at radius 3 is 2.19 bits per heavy atom. The maximum atomic E-state index is 11.5. The largest absolute Gasteiger partial charge is 0.353 e. The van der Waals surface area contributed by atoms with Crippen LogP contribution in [0.3, 0.4) is 0 Å². The monoisotopic (exact) mass is 251 g/mol. The van der Waals surface area contributed by atoms with Gasteiger partial charge in [0.1, 0.15) is 0 Å². The van der Waals surface area contributed by atoms with Gasteiger partial charge in [0.25, 0.3) is 0 Å². The smallest absolute Gasteiger partial charge is 0.237 e. The fraction of sp³-hybridized carbons (Fsp3) is 0.889. The van der Waals surface area contributed by atoms with Crippen LogP contribution in [-0.2, 0) is 14.8 Å². The second kappa shape index (κ2) is 5.60. The number of hydrogen-bond acceptors (Lipinski definition) is 4. The maximum Gasteiger partial charge on any atom is 0.237 e. The predicted octanol–water partition coefficient (Wildman–Crippen LogP) is -0.975. The molecule has 4 N–H and O–H groups in total. The van der Waals surface area contributed by atoms with Gasteiger partial charge >= 0.3 is 0 Å². The van der Waals surface area contributed by atoms with E-state index in [4.69, 9.17) is 5.73 Å². The molecular weight excluding hydrogens is 230 g/mol. The molecule has 0 aromatic carbocycles. The Balaban J connectivity index is 3.92. The van der Waals surface area contributed by atoms with E-state index in [0.29, 0.717) is 0 Å². The molecule has 0 bridgehead atoms. The van der Waals surface area contributed by atoms with Crippen LogP contribution in [0.5, 0.6) is 0 Å². The Morgan fingerprint density at radius 1 is 1.31 bits per heavy atom. The lowest BCUT2D eigenvalue weighted by Gasteiger charge is -2.25. The van der Waals surface area contributed by atoms with Crippen molar-refractivity contribution in [1.29, 1.82) is 0 Å². The van der Waals surface area contributed by atoms with Crippen LogP contribution < -0.4 is 15.8 Å². The van der Waals surface area contributed by atoms with Crippen molar-refractivity contribution in [1.82, 2.24) is 10.0 Å². The molecule has 0 saturated carbocycles. The fourth-order valence-electron chi connectivity index (χ4n) is 0.925. The van der Waals surface area contributed by atoms with Gasteiger partial charge in [0.05, 0.1) is 12.3 Å². The zero-order chi connectivity index (χ0) is 13.0. The van der Waals surface area contributed by atoms with Crippen LogP contribution in [-0.4, -0.2) is 39.7 Å². The molecule has 0 aliphatic heterocycles. The van der Waals surface area contributed by atoms with Crippen LogP contribution in [0, 0.1) is 5.41 Å². The summed E-state index contributed by atoms with van der Waals surface area (Å²) >= 11 is 0. The number of carbonyl (C=O) groups excluding carboxylic acids is 1. The van der Waals surface area contributed by atoms with Gasteiger partial charge in [-0.05, 0) is 5.41 Å². The first-order chi connectivity index (χ1) is 7.04. The first-order valence-electron chi connectivity index (χ1n) is 5.02. The molecule has 0 heterocycles. The summed E-state index contributed by atoms with van der Waals surface area (Å²) in [5.74, 6) is -0.275. The van der Waals surface area contributed by atoms with Gasteiger partial charge in [-0.2, -0.15) is 0 Å². The lowest BCUT2D eigenvalue weighted by Crippen LogP contribution is -2.49. The summed E-state index contributed by atoms with van der Waals surface area (Å²) in [5.41, 5.74) is 5.40. The molecule has 0 aromatic heterocycles. The van der Waals surface area contributed by atoms with Gasteiger partial charge in [0.2, 0.25) is 15.9 Å². The standard InChI is InChI=1S/C9H21N3O3S/c1-9(2,3)7(10)8(13)11-5-6-12-16(4,14)15/h7,12H,5-6,10H2,1-4H3,(H,11,13). The van der Waals surface area contributed by atoms with E-state index >= 15 is 0 Å². The average Bonchev–Trinajstić information content (AvgIpc) is 2.07. The summed E-state index contributed by atoms with van der Waals surface area (Å²) in [6.07, 6.45) is 1.07. The Morgan fingerprint density at radius 2 is 1.81 bits per heavy atom. The molecule has 16 heavy (non-hydrogen) atoms. The van der Waals surface area contributed by atoms with E-state index in [0.717, 1.165) is 6.26 Å². The van der Waals surface area contributed by atoms with Gasteiger partial charge in [-0.1, -0.05) is 20.8 Å². The van der Waals surface area contributed by atoms with Gasteiger partial charge in [-0.15, -0.1) is 0 Å². The highest BCUT2D eigenvalue weighted by molar-refractivity contribution is 7.88. The van der Waals surface area contributed by atoms with E-state index in [1.807, 2.05) is 20.8 Å². The molecule has 0 aromatic rings. The molecule has 0 aliphatic rings. The van der Waals surface area contributed by atoms with Crippen molar-refractivity contribution < 1.29 is 13.2 Å². The zero-order valence-electron chi connectivity index (χ0n) is 10.2. The Hall–Kier alpha value is -0.660. The Bertz CT molecular complexity index is 332. The second-order valence-electron chi connectivity index (χ2n) is 4.80. The third-order valence-electron chi connectivity index (χ3n) is 2.00. The Kier molecular flexibility index (Phi) is 5.37. The SMILES string of the molecule is CC(C)(C)C(N)C(=O)NCCNS(C)(=O)=O. The first-order valence-corrected chi connectivity index (χ1v) is 6.91. The number of sulfonamides is 1. The van der Waals surface area contributed by atoms with Gasteiger partial charge in [0, 0.05) is 13.1 Å². The highest BCUT2D eigenvalue weighted by atomic mass is 32.2. The van der Waals surface area contributed by atoms with Crippen molar-refractivity contribution in [3.63, 3.8) is 0 Å². The minimum Gasteiger partial charge on any atom is -0.353 e. The molecule has 0 saturated heterocycles. The van der Waals surface area contributed by atoms with Crippen LogP contribution in [0.15, 0.2) is 0 Å². The average molecular weight is 251 g/mol. The summed E-state index contributed by atoms with van der Waals surface area (Å²) in [5, 5.41) is 2.57. The third kappa shape index (κ3) is 6.76. The summed E-state index contributed by atoms with van der Waals surface area (Å²) in [6, 6.07) is -0.606. The number of nitrogens with one attached hydrogen (secondary N) is 2. The van der Waals surface area contributed by atoms with E-state index in [1.54, 1.807) is 0 Å². The predicted molar refractivity (Wildman–Crippen MR) is 63.3 cm³/mol. The van der Waals surface area contributed by atoms with Gasteiger partial charge in [-0.3, -0.25) is 4.79 Å². The minimum absolute atomic E-state index is 0.168. The minimum atomic E-state index is -3.20. The molecule has 0 spiro atoms. The lowest BCUT2D eigenvalue weighted by atomic mass is 9.87. The van der Waals surface area contributed by atoms with Crippen LogP contribution in [0.1, 0.15) is 20.8 Å². The second-order valence-corrected chi connectivity index (χ2v) is 6.63. The van der Waals surface area contributed by atoms with E-state index < -0.39 is 16.1 Å². The molecular formula is C9H21N3O3S. The molecule has 0 rings (SSSR count). The van der Waals surface area contributed by atoms with Crippen molar-refractivity contribution in [3.05, 3.63) is 0 Å². The molecule has 0 radical (unpaired) electrons. The summed E-state index contributed by atoms with van der Waals surface area (Å²) in [6.45, 7) is 6.00. The molecule has 7 heteroatoms. The molecule has 96 valence electrons. The summed E-state index contributed by atoms with van der Waals surface area (Å²) in [7, 11) is -3.20. The van der Waals surface area contributed by atoms with E-state index in [9.17, 15) is 13.2 Å². The molecule has 0 aliphatic carbocycles. The van der Waals surface area contributed by atoms with E-state index in [2.05, 4.69) is 10.0 Å². The molecule has 1 amide bonds. The molecule has 0 fully saturated rings. The van der Waals surface area contributed by atoms with Crippen molar-refractivity contribution in [3.8, 4) is 0 Å². The van der Waals surface area contributed by atoms with Crippen molar-refractivity contribution >= 4 is 15.9 Å². The van der Waals surface area contributed by atoms with Gasteiger partial charge in [0.15, 0.2) is 0 Å². The summed E-state index contributed by atoms with van der Waals surface area (Å²) < 4.78 is 23.7. The Labute approximate surface area is 97.0 Å². The number of carbonyl (C=O) groups is 1. The lowest BCUT2D eigenvalue weighted by molar-refractivity contribution is -0.124. The molecule has 1 unspecified atom stereocenters. The van der Waals surface area contributed by atoms with Crippen LogP contribution in [0.4, 0.5) is 0 Å². The highest BCUT2D eigenvalue weighted by Crippen LogP contribution is 2.16. The van der Waals surface area contributed by atoms with Crippen LogP contribution in [0.2, 0.25) is 0 Å². The first kappa shape index (κ1) is 15.3. The quantitative estimate of drug-likeness (QED) is 0.547. The van der Waals surface area contributed by atoms with Crippen LogP contribution >= 0.6 is 0 Å². The summed E-state index contributed by atoms with van der Waals surface area (Å²) in [4.78, 5) is 11.5. The third-order valence-corrected chi connectivity index (χ3v) is 2.73. The van der Waals surface area contributed by atoms with E-state index in [1.165, 1.54) is 0 Å². The van der Waals surface area contributed by atoms with Crippen molar-refractivity contribution in [2.45, 2.75) is 26.8 Å².